The first-order chi connectivity index (χ1) is 21.5. The van der Waals surface area contributed by atoms with E-state index >= 15 is 0 Å². The van der Waals surface area contributed by atoms with Crippen LogP contribution in [0.25, 0.3) is 22.2 Å². The highest BCUT2D eigenvalue weighted by molar-refractivity contribution is 6.08. The number of hydrogen-bond donors (Lipinski definition) is 2. The first kappa shape index (κ1) is 30.1. The molecule has 0 saturated carbocycles. The molecule has 0 radical (unpaired) electrons. The zero-order valence-corrected chi connectivity index (χ0v) is 26.0. The van der Waals surface area contributed by atoms with Crippen LogP contribution in [0.3, 0.4) is 0 Å². The van der Waals surface area contributed by atoms with E-state index in [-0.39, 0.29) is 17.3 Å². The van der Waals surface area contributed by atoms with E-state index in [2.05, 4.69) is 32.9 Å². The summed E-state index contributed by atoms with van der Waals surface area (Å²) in [5, 5.41) is 17.9. The fourth-order valence-corrected chi connectivity index (χ4v) is 6.30. The van der Waals surface area contributed by atoms with Gasteiger partial charge in [0.2, 0.25) is 0 Å². The minimum atomic E-state index is -0.913. The summed E-state index contributed by atoms with van der Waals surface area (Å²) in [7, 11) is 0. The zero-order valence-electron chi connectivity index (χ0n) is 26.0. The monoisotopic (exact) mass is 607 g/mol. The summed E-state index contributed by atoms with van der Waals surface area (Å²) < 4.78 is 17.8. The molecule has 1 aliphatic heterocycles. The quantitative estimate of drug-likeness (QED) is 0.190. The number of hydrogen-bond acceptors (Lipinski definition) is 4. The number of aromatic carboxylic acids is 1. The number of anilines is 2. The van der Waals surface area contributed by atoms with E-state index in [1.54, 1.807) is 30.5 Å². The molecule has 6 rings (SSSR count). The Morgan fingerprint density at radius 1 is 1.02 bits per heavy atom. The Morgan fingerprint density at radius 2 is 1.76 bits per heavy atom. The number of amides is 1. The van der Waals surface area contributed by atoms with Gasteiger partial charge in [0, 0.05) is 42.3 Å². The number of aryl methyl sites for hydroxylation is 2. The van der Waals surface area contributed by atoms with Crippen molar-refractivity contribution in [1.82, 2.24) is 14.3 Å². The SMILES string of the molecule is Cc1cc2ccc(NC(=O)c3cnn(C(C)(C)C)c3-c3ccc(F)cc3)cc2n1CCC1CCN(c2ccc(C(=O)O)cc2)C1. The molecule has 232 valence electrons. The van der Waals surface area contributed by atoms with Gasteiger partial charge < -0.3 is 19.9 Å². The van der Waals surface area contributed by atoms with Crippen molar-refractivity contribution in [3.63, 3.8) is 0 Å². The molecule has 8 nitrogen and oxygen atoms in total. The van der Waals surface area contributed by atoms with Crippen molar-refractivity contribution in [2.75, 3.05) is 23.3 Å². The summed E-state index contributed by atoms with van der Waals surface area (Å²) in [6.07, 6.45) is 3.67. The largest absolute Gasteiger partial charge is 0.478 e. The smallest absolute Gasteiger partial charge is 0.335 e. The Bertz CT molecular complexity index is 1870. The number of fused-ring (bicyclic) bond motifs is 1. The number of carboxylic acid groups (broad SMARTS) is 1. The maximum absolute atomic E-state index is 13.7. The number of aromatic nitrogens is 3. The summed E-state index contributed by atoms with van der Waals surface area (Å²) in [5.41, 5.74) is 5.67. The maximum atomic E-state index is 13.7. The molecule has 3 heterocycles. The molecule has 2 N–H and O–H groups in total. The van der Waals surface area contributed by atoms with Gasteiger partial charge in [-0.1, -0.05) is 6.07 Å². The number of rotatable bonds is 8. The third kappa shape index (κ3) is 6.20. The van der Waals surface area contributed by atoms with E-state index in [4.69, 9.17) is 0 Å². The van der Waals surface area contributed by atoms with Crippen LogP contribution in [0.15, 0.2) is 79.0 Å². The minimum absolute atomic E-state index is 0.276. The Labute approximate surface area is 262 Å². The second-order valence-electron chi connectivity index (χ2n) is 12.9. The lowest BCUT2D eigenvalue weighted by molar-refractivity contribution is 0.0696. The Hall–Kier alpha value is -4.92. The van der Waals surface area contributed by atoms with Crippen molar-refractivity contribution in [3.8, 4) is 11.3 Å². The molecule has 1 fully saturated rings. The van der Waals surface area contributed by atoms with Crippen LogP contribution in [0.4, 0.5) is 15.8 Å². The molecule has 1 amide bonds. The Kier molecular flexibility index (Phi) is 7.95. The molecule has 3 aromatic carbocycles. The highest BCUT2D eigenvalue weighted by Gasteiger charge is 2.26. The van der Waals surface area contributed by atoms with Crippen molar-refractivity contribution >= 4 is 34.2 Å². The number of carboxylic acids is 1. The van der Waals surface area contributed by atoms with Crippen LogP contribution in [-0.2, 0) is 12.1 Å². The molecule has 5 aromatic rings. The van der Waals surface area contributed by atoms with Gasteiger partial charge in [-0.05, 0) is 119 Å². The molecule has 1 aliphatic rings. The van der Waals surface area contributed by atoms with Crippen molar-refractivity contribution < 1.29 is 19.1 Å². The highest BCUT2D eigenvalue weighted by atomic mass is 19.1. The van der Waals surface area contributed by atoms with E-state index < -0.39 is 5.97 Å². The molecule has 0 aliphatic carbocycles. The normalized spacial score (nSPS) is 15.1. The number of benzene rings is 3. The number of carbonyl (C=O) groups is 2. The Morgan fingerprint density at radius 3 is 2.44 bits per heavy atom. The predicted octanol–water partition coefficient (Wildman–Crippen LogP) is 7.57. The lowest BCUT2D eigenvalue weighted by atomic mass is 10.0. The fourth-order valence-electron chi connectivity index (χ4n) is 6.30. The summed E-state index contributed by atoms with van der Waals surface area (Å²) in [4.78, 5) is 27.2. The van der Waals surface area contributed by atoms with Crippen molar-refractivity contribution in [1.29, 1.82) is 0 Å². The van der Waals surface area contributed by atoms with Gasteiger partial charge in [-0.2, -0.15) is 5.10 Å². The van der Waals surface area contributed by atoms with Gasteiger partial charge in [0.1, 0.15) is 5.82 Å². The average Bonchev–Trinajstić information content (AvgIpc) is 3.73. The molecular weight excluding hydrogens is 569 g/mol. The maximum Gasteiger partial charge on any atom is 0.335 e. The second-order valence-corrected chi connectivity index (χ2v) is 12.9. The van der Waals surface area contributed by atoms with Crippen molar-refractivity contribution in [3.05, 3.63) is 102 Å². The van der Waals surface area contributed by atoms with E-state index in [1.165, 1.54) is 12.1 Å². The predicted molar refractivity (Wildman–Crippen MR) is 176 cm³/mol. The molecule has 1 saturated heterocycles. The molecule has 45 heavy (non-hydrogen) atoms. The van der Waals surface area contributed by atoms with Gasteiger partial charge in [-0.15, -0.1) is 0 Å². The van der Waals surface area contributed by atoms with Gasteiger partial charge in [0.15, 0.2) is 0 Å². The summed E-state index contributed by atoms with van der Waals surface area (Å²) in [6, 6.07) is 21.4. The van der Waals surface area contributed by atoms with Crippen LogP contribution >= 0.6 is 0 Å². The van der Waals surface area contributed by atoms with Crippen LogP contribution in [0.5, 0.6) is 0 Å². The Balaban J connectivity index is 1.18. The number of carbonyl (C=O) groups excluding carboxylic acids is 1. The summed E-state index contributed by atoms with van der Waals surface area (Å²) in [5.74, 6) is -1.01. The van der Waals surface area contributed by atoms with E-state index in [9.17, 15) is 19.1 Å². The molecule has 2 aromatic heterocycles. The summed E-state index contributed by atoms with van der Waals surface area (Å²) >= 11 is 0. The van der Waals surface area contributed by atoms with Crippen LogP contribution in [0.2, 0.25) is 0 Å². The number of nitrogens with one attached hydrogen (secondary N) is 1. The van der Waals surface area contributed by atoms with Gasteiger partial charge in [0.05, 0.1) is 34.1 Å². The van der Waals surface area contributed by atoms with Crippen LogP contribution < -0.4 is 10.2 Å². The highest BCUT2D eigenvalue weighted by Crippen LogP contribution is 2.32. The molecule has 1 atom stereocenters. The molecule has 9 heteroatoms. The summed E-state index contributed by atoms with van der Waals surface area (Å²) in [6.45, 7) is 10.9. The standard InChI is InChI=1S/C36H38FN5O3/c1-23-19-27-7-12-29(39-34(43)31-21-38-42(36(2,3)4)33(31)25-5-10-28(37)11-6-25)20-32(27)41(23)18-16-24-15-17-40(22-24)30-13-8-26(9-14-30)35(44)45/h5-14,19-21,24H,15-18,22H2,1-4H3,(H,39,43)(H,44,45). The van der Waals surface area contributed by atoms with E-state index in [0.717, 1.165) is 60.3 Å². The van der Waals surface area contributed by atoms with Gasteiger partial charge in [-0.25, -0.2) is 9.18 Å². The fraction of sp³-hybridized carbons (Fsp3) is 0.306. The first-order valence-electron chi connectivity index (χ1n) is 15.3. The topological polar surface area (TPSA) is 92.4 Å². The molecule has 0 bridgehead atoms. The molecule has 0 spiro atoms. The third-order valence-electron chi connectivity index (χ3n) is 8.66. The second kappa shape index (κ2) is 11.9. The lowest BCUT2D eigenvalue weighted by Crippen LogP contribution is -2.24. The molecular formula is C36H38FN5O3. The number of halogens is 1. The molecule has 1 unspecified atom stereocenters. The van der Waals surface area contributed by atoms with Crippen LogP contribution in [-0.4, -0.2) is 44.4 Å². The third-order valence-corrected chi connectivity index (χ3v) is 8.66. The van der Waals surface area contributed by atoms with Crippen LogP contribution in [0, 0.1) is 18.7 Å². The number of nitrogens with zero attached hydrogens (tertiary/aromatic N) is 4. The van der Waals surface area contributed by atoms with Gasteiger partial charge in [0.25, 0.3) is 5.91 Å². The zero-order chi connectivity index (χ0) is 31.9. The van der Waals surface area contributed by atoms with Crippen LogP contribution in [0.1, 0.15) is 60.0 Å². The minimum Gasteiger partial charge on any atom is -0.478 e. The van der Waals surface area contributed by atoms with E-state index in [0.29, 0.717) is 28.4 Å². The van der Waals surface area contributed by atoms with Crippen molar-refractivity contribution in [2.24, 2.45) is 5.92 Å². The lowest BCUT2D eigenvalue weighted by Gasteiger charge is -2.23. The van der Waals surface area contributed by atoms with Gasteiger partial charge >= 0.3 is 5.97 Å². The first-order valence-corrected chi connectivity index (χ1v) is 15.3. The van der Waals surface area contributed by atoms with E-state index in [1.807, 2.05) is 55.8 Å². The van der Waals surface area contributed by atoms with Crippen molar-refractivity contribution in [2.45, 2.75) is 52.6 Å². The van der Waals surface area contributed by atoms with Gasteiger partial charge in [-0.3, -0.25) is 9.48 Å². The average molecular weight is 608 g/mol.